The fourth-order valence-electron chi connectivity index (χ4n) is 1.69. The van der Waals surface area contributed by atoms with Crippen molar-refractivity contribution in [3.63, 3.8) is 0 Å². The molecule has 1 aromatic rings. The van der Waals surface area contributed by atoms with E-state index in [0.717, 1.165) is 18.7 Å². The maximum Gasteiger partial charge on any atom is 0.347 e. The lowest BCUT2D eigenvalue weighted by atomic mass is 10.2. The van der Waals surface area contributed by atoms with Gasteiger partial charge < -0.3 is 19.5 Å². The molecule has 0 bridgehead atoms. The Labute approximate surface area is 120 Å². The van der Waals surface area contributed by atoms with Gasteiger partial charge in [-0.2, -0.15) is 0 Å². The van der Waals surface area contributed by atoms with E-state index in [0.29, 0.717) is 18.1 Å². The van der Waals surface area contributed by atoms with Gasteiger partial charge in [0.2, 0.25) is 0 Å². The summed E-state index contributed by atoms with van der Waals surface area (Å²) >= 11 is 0. The Morgan fingerprint density at radius 3 is 2.65 bits per heavy atom. The van der Waals surface area contributed by atoms with Gasteiger partial charge in [-0.3, -0.25) is 0 Å². The molecule has 0 saturated heterocycles. The standard InChI is InChI=1S/C15H23NO4/c1-5-16-10-12-7-8-13(18-4)14(9-12)20-11(3)15(17)19-6-2/h7-9,11,16H,5-6,10H2,1-4H3. The second-order valence-electron chi connectivity index (χ2n) is 4.28. The summed E-state index contributed by atoms with van der Waals surface area (Å²) in [5.41, 5.74) is 1.07. The molecule has 0 aliphatic rings. The van der Waals surface area contributed by atoms with Gasteiger partial charge in [0.05, 0.1) is 13.7 Å². The normalized spacial score (nSPS) is 11.8. The summed E-state index contributed by atoms with van der Waals surface area (Å²) in [6.07, 6.45) is -0.668. The average molecular weight is 281 g/mol. The molecule has 1 N–H and O–H groups in total. The minimum absolute atomic E-state index is 0.337. The Balaban J connectivity index is 2.82. The minimum Gasteiger partial charge on any atom is -0.493 e. The van der Waals surface area contributed by atoms with Crippen LogP contribution in [0.4, 0.5) is 0 Å². The molecular weight excluding hydrogens is 258 g/mol. The van der Waals surface area contributed by atoms with Gasteiger partial charge in [-0.15, -0.1) is 0 Å². The molecular formula is C15H23NO4. The highest BCUT2D eigenvalue weighted by atomic mass is 16.6. The summed E-state index contributed by atoms with van der Waals surface area (Å²) in [6, 6.07) is 5.67. The van der Waals surface area contributed by atoms with Crippen LogP contribution in [-0.4, -0.2) is 32.3 Å². The van der Waals surface area contributed by atoms with Gasteiger partial charge in [0, 0.05) is 6.54 Å². The average Bonchev–Trinajstić information content (AvgIpc) is 2.45. The number of carbonyl (C=O) groups excluding carboxylic acids is 1. The van der Waals surface area contributed by atoms with Gasteiger partial charge >= 0.3 is 5.97 Å². The summed E-state index contributed by atoms with van der Waals surface area (Å²) < 4.78 is 15.8. The number of benzene rings is 1. The smallest absolute Gasteiger partial charge is 0.347 e. The van der Waals surface area contributed by atoms with Crippen molar-refractivity contribution in [2.75, 3.05) is 20.3 Å². The molecule has 1 rings (SSSR count). The summed E-state index contributed by atoms with van der Waals surface area (Å²) in [5, 5.41) is 3.24. The number of methoxy groups -OCH3 is 1. The van der Waals surface area contributed by atoms with Crippen molar-refractivity contribution >= 4 is 5.97 Å². The third-order valence-corrected chi connectivity index (χ3v) is 2.73. The number of carbonyl (C=O) groups is 1. The summed E-state index contributed by atoms with van der Waals surface area (Å²) in [4.78, 5) is 11.6. The monoisotopic (exact) mass is 281 g/mol. The first kappa shape index (κ1) is 16.3. The summed E-state index contributed by atoms with van der Waals surface area (Å²) in [7, 11) is 1.57. The van der Waals surface area contributed by atoms with Crippen molar-refractivity contribution < 1.29 is 19.0 Å². The zero-order chi connectivity index (χ0) is 15.0. The van der Waals surface area contributed by atoms with Gasteiger partial charge in [-0.25, -0.2) is 4.79 Å². The zero-order valence-corrected chi connectivity index (χ0v) is 12.6. The molecule has 0 aromatic heterocycles. The summed E-state index contributed by atoms with van der Waals surface area (Å²) in [6.45, 7) is 7.44. The molecule has 20 heavy (non-hydrogen) atoms. The molecule has 112 valence electrons. The molecule has 5 heteroatoms. The molecule has 0 aliphatic carbocycles. The SMILES string of the molecule is CCNCc1ccc(OC)c(OC(C)C(=O)OCC)c1. The summed E-state index contributed by atoms with van der Waals surface area (Å²) in [5.74, 6) is 0.761. The predicted octanol–water partition coefficient (Wildman–Crippen LogP) is 2.14. The van der Waals surface area contributed by atoms with Crippen LogP contribution in [0.25, 0.3) is 0 Å². The number of esters is 1. The van der Waals surface area contributed by atoms with E-state index in [1.54, 1.807) is 21.0 Å². The third-order valence-electron chi connectivity index (χ3n) is 2.73. The van der Waals surface area contributed by atoms with Crippen LogP contribution in [0, 0.1) is 0 Å². The Kier molecular flexibility index (Phi) is 6.87. The van der Waals surface area contributed by atoms with Crippen molar-refractivity contribution in [1.82, 2.24) is 5.32 Å². The second-order valence-corrected chi connectivity index (χ2v) is 4.28. The lowest BCUT2D eigenvalue weighted by molar-refractivity contribution is -0.150. The minimum atomic E-state index is -0.668. The Morgan fingerprint density at radius 1 is 1.30 bits per heavy atom. The quantitative estimate of drug-likeness (QED) is 0.740. The molecule has 0 aliphatic heterocycles. The van der Waals surface area contributed by atoms with E-state index < -0.39 is 6.10 Å². The molecule has 0 radical (unpaired) electrons. The van der Waals surface area contributed by atoms with E-state index in [-0.39, 0.29) is 5.97 Å². The first-order chi connectivity index (χ1) is 9.62. The van der Waals surface area contributed by atoms with Crippen LogP contribution in [0.5, 0.6) is 11.5 Å². The Bertz CT molecular complexity index is 434. The highest BCUT2D eigenvalue weighted by Crippen LogP contribution is 2.29. The largest absolute Gasteiger partial charge is 0.493 e. The van der Waals surface area contributed by atoms with Gasteiger partial charge in [0.1, 0.15) is 0 Å². The van der Waals surface area contributed by atoms with Gasteiger partial charge in [0.15, 0.2) is 17.6 Å². The van der Waals surface area contributed by atoms with E-state index in [9.17, 15) is 4.79 Å². The number of nitrogens with one attached hydrogen (secondary N) is 1. The molecule has 0 spiro atoms. The molecule has 1 unspecified atom stereocenters. The van der Waals surface area contributed by atoms with Crippen molar-refractivity contribution in [2.24, 2.45) is 0 Å². The highest BCUT2D eigenvalue weighted by molar-refractivity contribution is 5.74. The lowest BCUT2D eigenvalue weighted by Crippen LogP contribution is -2.26. The topological polar surface area (TPSA) is 56.8 Å². The number of hydrogen-bond acceptors (Lipinski definition) is 5. The first-order valence-corrected chi connectivity index (χ1v) is 6.83. The zero-order valence-electron chi connectivity index (χ0n) is 12.6. The van der Waals surface area contributed by atoms with E-state index in [1.165, 1.54) is 0 Å². The molecule has 0 heterocycles. The van der Waals surface area contributed by atoms with Gasteiger partial charge in [0.25, 0.3) is 0 Å². The molecule has 0 fully saturated rings. The molecule has 5 nitrogen and oxygen atoms in total. The molecule has 1 atom stereocenters. The molecule has 0 amide bonds. The fraction of sp³-hybridized carbons (Fsp3) is 0.533. The maximum absolute atomic E-state index is 11.6. The maximum atomic E-state index is 11.6. The van der Waals surface area contributed by atoms with Crippen LogP contribution in [0.3, 0.4) is 0 Å². The Morgan fingerprint density at radius 2 is 2.05 bits per heavy atom. The molecule has 1 aromatic carbocycles. The van der Waals surface area contributed by atoms with Gasteiger partial charge in [-0.1, -0.05) is 13.0 Å². The number of rotatable bonds is 8. The van der Waals surface area contributed by atoms with Crippen LogP contribution < -0.4 is 14.8 Å². The van der Waals surface area contributed by atoms with Crippen LogP contribution in [0.2, 0.25) is 0 Å². The van der Waals surface area contributed by atoms with Crippen LogP contribution in [0.1, 0.15) is 26.3 Å². The van der Waals surface area contributed by atoms with Crippen molar-refractivity contribution in [3.8, 4) is 11.5 Å². The van der Waals surface area contributed by atoms with Crippen molar-refractivity contribution in [1.29, 1.82) is 0 Å². The number of hydrogen-bond donors (Lipinski definition) is 1. The fourth-order valence-corrected chi connectivity index (χ4v) is 1.69. The van der Waals surface area contributed by atoms with Crippen LogP contribution in [-0.2, 0) is 16.1 Å². The highest BCUT2D eigenvalue weighted by Gasteiger charge is 2.18. The second kappa shape index (κ2) is 8.43. The van der Waals surface area contributed by atoms with Crippen molar-refractivity contribution in [2.45, 2.75) is 33.4 Å². The predicted molar refractivity (Wildman–Crippen MR) is 77.1 cm³/mol. The van der Waals surface area contributed by atoms with Crippen molar-refractivity contribution in [3.05, 3.63) is 23.8 Å². The first-order valence-electron chi connectivity index (χ1n) is 6.83. The molecule has 0 saturated carbocycles. The van der Waals surface area contributed by atoms with Crippen LogP contribution in [0.15, 0.2) is 18.2 Å². The lowest BCUT2D eigenvalue weighted by Gasteiger charge is -2.16. The van der Waals surface area contributed by atoms with E-state index in [4.69, 9.17) is 14.2 Å². The van der Waals surface area contributed by atoms with E-state index >= 15 is 0 Å². The van der Waals surface area contributed by atoms with E-state index in [2.05, 4.69) is 5.32 Å². The Hall–Kier alpha value is -1.75. The number of ether oxygens (including phenoxy) is 3. The third kappa shape index (κ3) is 4.74. The van der Waals surface area contributed by atoms with E-state index in [1.807, 2.05) is 25.1 Å². The van der Waals surface area contributed by atoms with Gasteiger partial charge in [-0.05, 0) is 38.1 Å². The van der Waals surface area contributed by atoms with Crippen LogP contribution >= 0.6 is 0 Å².